The number of likely N-dealkylation sites (tertiary alicyclic amines) is 2. The Morgan fingerprint density at radius 2 is 1.89 bits per heavy atom. The van der Waals surface area contributed by atoms with Gasteiger partial charge in [-0.3, -0.25) is 4.90 Å². The van der Waals surface area contributed by atoms with E-state index in [1.54, 1.807) is 11.3 Å². The topological polar surface area (TPSA) is 19.4 Å². The molecule has 1 aliphatic carbocycles. The molecule has 4 heteroatoms. The Kier molecular flexibility index (Phi) is 4.83. The second-order valence-electron chi connectivity index (χ2n) is 9.21. The van der Waals surface area contributed by atoms with E-state index in [1.165, 1.54) is 74.7 Å². The minimum atomic E-state index is 0.482. The van der Waals surface area contributed by atoms with Crippen LogP contribution in [0.5, 0.6) is 0 Å². The second kappa shape index (κ2) is 7.31. The molecule has 0 radical (unpaired) electrons. The van der Waals surface area contributed by atoms with Crippen LogP contribution >= 0.6 is 11.3 Å². The average Bonchev–Trinajstić information content (AvgIpc) is 3.15. The smallest absolute Gasteiger partial charge is 0.0897 e. The molecule has 0 N–H and O–H groups in total. The highest BCUT2D eigenvalue weighted by Gasteiger charge is 2.52. The lowest BCUT2D eigenvalue weighted by Gasteiger charge is -2.30. The molecule has 1 saturated carbocycles. The molecule has 2 aliphatic heterocycles. The maximum atomic E-state index is 4.71. The van der Waals surface area contributed by atoms with Crippen molar-refractivity contribution in [1.82, 2.24) is 14.8 Å². The Balaban J connectivity index is 1.28. The standard InChI is InChI=1S/C23H31N3S/c1-18-24-22(15-27-18)14-26-13-21-12-25(11-20-7-8-20)16-23(21,17-26)10-9-19-5-3-2-4-6-19/h2-6,15,20-21H,7-14,16-17H2,1H3. The lowest BCUT2D eigenvalue weighted by atomic mass is 9.76. The van der Waals surface area contributed by atoms with E-state index in [4.69, 9.17) is 4.98 Å². The number of benzene rings is 1. The lowest BCUT2D eigenvalue weighted by Crippen LogP contribution is -2.35. The fraction of sp³-hybridized carbons (Fsp3) is 0.609. The van der Waals surface area contributed by atoms with Gasteiger partial charge >= 0.3 is 0 Å². The van der Waals surface area contributed by atoms with Gasteiger partial charge in [0.2, 0.25) is 0 Å². The van der Waals surface area contributed by atoms with E-state index in [0.29, 0.717) is 5.41 Å². The highest BCUT2D eigenvalue weighted by Crippen LogP contribution is 2.47. The van der Waals surface area contributed by atoms with Gasteiger partial charge in [-0.05, 0) is 50.0 Å². The predicted molar refractivity (Wildman–Crippen MR) is 112 cm³/mol. The van der Waals surface area contributed by atoms with Crippen LogP contribution < -0.4 is 0 Å². The summed E-state index contributed by atoms with van der Waals surface area (Å²) in [5.74, 6) is 1.84. The van der Waals surface area contributed by atoms with Crippen LogP contribution in [0, 0.1) is 24.2 Å². The van der Waals surface area contributed by atoms with Crippen LogP contribution in [0.4, 0.5) is 0 Å². The molecule has 144 valence electrons. The lowest BCUT2D eigenvalue weighted by molar-refractivity contribution is 0.194. The van der Waals surface area contributed by atoms with Crippen LogP contribution in [0.2, 0.25) is 0 Å². The summed E-state index contributed by atoms with van der Waals surface area (Å²) in [5, 5.41) is 3.44. The molecule has 3 fully saturated rings. The van der Waals surface area contributed by atoms with Crippen molar-refractivity contribution >= 4 is 11.3 Å². The van der Waals surface area contributed by atoms with E-state index >= 15 is 0 Å². The zero-order chi connectivity index (χ0) is 18.3. The average molecular weight is 382 g/mol. The van der Waals surface area contributed by atoms with Gasteiger partial charge in [0.05, 0.1) is 10.7 Å². The van der Waals surface area contributed by atoms with Crippen molar-refractivity contribution in [2.75, 3.05) is 32.7 Å². The number of nitrogens with zero attached hydrogens (tertiary/aromatic N) is 3. The molecule has 2 saturated heterocycles. The Morgan fingerprint density at radius 3 is 2.63 bits per heavy atom. The molecule has 1 aromatic carbocycles. The number of fused-ring (bicyclic) bond motifs is 1. The summed E-state index contributed by atoms with van der Waals surface area (Å²) >= 11 is 1.78. The van der Waals surface area contributed by atoms with Gasteiger partial charge in [0.25, 0.3) is 0 Å². The Morgan fingerprint density at radius 1 is 1.11 bits per heavy atom. The number of hydrogen-bond acceptors (Lipinski definition) is 4. The maximum absolute atomic E-state index is 4.71. The Hall–Kier alpha value is -1.23. The SMILES string of the molecule is Cc1nc(CN2CC3CN(CC4CC4)CC3(CCc3ccccc3)C2)cs1. The summed E-state index contributed by atoms with van der Waals surface area (Å²) in [5.41, 5.74) is 3.25. The molecule has 0 spiro atoms. The molecular weight excluding hydrogens is 350 g/mol. The van der Waals surface area contributed by atoms with Crippen LogP contribution in [0.15, 0.2) is 35.7 Å². The number of aromatic nitrogens is 1. The maximum Gasteiger partial charge on any atom is 0.0897 e. The summed E-state index contributed by atoms with van der Waals surface area (Å²) in [6.07, 6.45) is 5.48. The van der Waals surface area contributed by atoms with E-state index < -0.39 is 0 Å². The van der Waals surface area contributed by atoms with Crippen LogP contribution in [0.25, 0.3) is 0 Å². The molecule has 3 heterocycles. The Bertz CT molecular complexity index is 769. The normalized spacial score (nSPS) is 28.7. The van der Waals surface area contributed by atoms with Crippen molar-refractivity contribution in [2.24, 2.45) is 17.3 Å². The molecule has 3 nitrogen and oxygen atoms in total. The molecule has 5 rings (SSSR count). The Labute approximate surface area is 167 Å². The molecular formula is C23H31N3S. The van der Waals surface area contributed by atoms with Gasteiger partial charge in [0.15, 0.2) is 0 Å². The number of thiazole rings is 1. The zero-order valence-corrected chi connectivity index (χ0v) is 17.3. The second-order valence-corrected chi connectivity index (χ2v) is 10.3. The quantitative estimate of drug-likeness (QED) is 0.715. The van der Waals surface area contributed by atoms with Gasteiger partial charge in [-0.15, -0.1) is 11.3 Å². The van der Waals surface area contributed by atoms with Gasteiger partial charge in [0.1, 0.15) is 0 Å². The summed E-state index contributed by atoms with van der Waals surface area (Å²) in [7, 11) is 0. The minimum absolute atomic E-state index is 0.482. The molecule has 2 atom stereocenters. The number of rotatable bonds is 7. The molecule has 2 unspecified atom stereocenters. The third-order valence-corrected chi connectivity index (χ3v) is 7.74. The number of aryl methyl sites for hydroxylation is 2. The summed E-state index contributed by atoms with van der Waals surface area (Å²) in [6.45, 7) is 9.65. The molecule has 0 bridgehead atoms. The first kappa shape index (κ1) is 17.8. The highest BCUT2D eigenvalue weighted by molar-refractivity contribution is 7.09. The number of hydrogen-bond donors (Lipinski definition) is 0. The molecule has 0 amide bonds. The minimum Gasteiger partial charge on any atom is -0.302 e. The third kappa shape index (κ3) is 3.98. The van der Waals surface area contributed by atoms with E-state index in [2.05, 4.69) is 52.4 Å². The van der Waals surface area contributed by atoms with Gasteiger partial charge in [-0.2, -0.15) is 0 Å². The van der Waals surface area contributed by atoms with Crippen LogP contribution in [-0.4, -0.2) is 47.5 Å². The molecule has 27 heavy (non-hydrogen) atoms. The van der Waals surface area contributed by atoms with Crippen molar-refractivity contribution in [1.29, 1.82) is 0 Å². The fourth-order valence-electron chi connectivity index (χ4n) is 5.43. The van der Waals surface area contributed by atoms with Gasteiger partial charge in [-0.1, -0.05) is 30.3 Å². The van der Waals surface area contributed by atoms with E-state index in [0.717, 1.165) is 18.4 Å². The summed E-state index contributed by atoms with van der Waals surface area (Å²) in [6, 6.07) is 11.1. The summed E-state index contributed by atoms with van der Waals surface area (Å²) in [4.78, 5) is 10.2. The molecule has 1 aromatic heterocycles. The van der Waals surface area contributed by atoms with Crippen molar-refractivity contribution < 1.29 is 0 Å². The first-order chi connectivity index (χ1) is 13.2. The first-order valence-corrected chi connectivity index (χ1v) is 11.5. The van der Waals surface area contributed by atoms with E-state index in [-0.39, 0.29) is 0 Å². The van der Waals surface area contributed by atoms with Crippen molar-refractivity contribution in [3.8, 4) is 0 Å². The van der Waals surface area contributed by atoms with Gasteiger partial charge < -0.3 is 4.90 Å². The first-order valence-electron chi connectivity index (χ1n) is 10.6. The predicted octanol–water partition coefficient (Wildman–Crippen LogP) is 4.23. The van der Waals surface area contributed by atoms with Gasteiger partial charge in [-0.25, -0.2) is 4.98 Å². The molecule has 3 aliphatic rings. The van der Waals surface area contributed by atoms with Crippen LogP contribution in [-0.2, 0) is 13.0 Å². The van der Waals surface area contributed by atoms with Crippen LogP contribution in [0.3, 0.4) is 0 Å². The van der Waals surface area contributed by atoms with E-state index in [1.807, 2.05) is 0 Å². The largest absolute Gasteiger partial charge is 0.302 e. The highest BCUT2D eigenvalue weighted by atomic mass is 32.1. The fourth-order valence-corrected chi connectivity index (χ4v) is 6.04. The van der Waals surface area contributed by atoms with Crippen molar-refractivity contribution in [3.63, 3.8) is 0 Å². The zero-order valence-electron chi connectivity index (χ0n) is 16.4. The van der Waals surface area contributed by atoms with Gasteiger partial charge in [0, 0.05) is 50.1 Å². The van der Waals surface area contributed by atoms with Crippen LogP contribution in [0.1, 0.15) is 35.5 Å². The summed E-state index contributed by atoms with van der Waals surface area (Å²) < 4.78 is 0. The molecule has 2 aromatic rings. The van der Waals surface area contributed by atoms with Crippen molar-refractivity contribution in [2.45, 2.75) is 39.2 Å². The monoisotopic (exact) mass is 381 g/mol. The van der Waals surface area contributed by atoms with E-state index in [9.17, 15) is 0 Å². The third-order valence-electron chi connectivity index (χ3n) is 6.92. The van der Waals surface area contributed by atoms with Crippen molar-refractivity contribution in [3.05, 3.63) is 52.0 Å².